The van der Waals surface area contributed by atoms with Crippen LogP contribution < -0.4 is 0 Å². The van der Waals surface area contributed by atoms with Crippen molar-refractivity contribution in [3.63, 3.8) is 0 Å². The average molecular weight is 343 g/mol. The van der Waals surface area contributed by atoms with Crippen molar-refractivity contribution in [1.82, 2.24) is 14.1 Å². The topological polar surface area (TPSA) is 43.9 Å². The fraction of sp³-hybridized carbons (Fsp3) is 0.625. The first-order valence-electron chi connectivity index (χ1n) is 7.94. The Balaban J connectivity index is 1.96. The normalized spacial score (nSPS) is 17.8. The van der Waals surface area contributed by atoms with Gasteiger partial charge in [-0.3, -0.25) is 0 Å². The number of piperazine rings is 1. The number of halogens is 1. The third kappa shape index (κ3) is 4.73. The van der Waals surface area contributed by atoms with E-state index in [0.29, 0.717) is 18.7 Å². The number of rotatable bonds is 6. The average Bonchev–Trinajstić information content (AvgIpc) is 2.47. The zero-order valence-electron chi connectivity index (χ0n) is 14.1. The SMILES string of the molecule is Cc1cc(F)ccc1S(=O)(=O)N1CCN(CCCN(C)C)CC1. The first-order chi connectivity index (χ1) is 10.8. The minimum absolute atomic E-state index is 0.208. The van der Waals surface area contributed by atoms with Gasteiger partial charge in [0.1, 0.15) is 5.82 Å². The molecule has 1 aliphatic rings. The van der Waals surface area contributed by atoms with Gasteiger partial charge in [0.15, 0.2) is 0 Å². The molecular weight excluding hydrogens is 317 g/mol. The van der Waals surface area contributed by atoms with E-state index in [1.807, 2.05) is 0 Å². The third-order valence-corrected chi connectivity index (χ3v) is 6.22. The molecule has 0 amide bonds. The molecule has 5 nitrogen and oxygen atoms in total. The first-order valence-corrected chi connectivity index (χ1v) is 9.38. The summed E-state index contributed by atoms with van der Waals surface area (Å²) in [6, 6.07) is 3.84. The van der Waals surface area contributed by atoms with E-state index in [4.69, 9.17) is 0 Å². The fourth-order valence-corrected chi connectivity index (χ4v) is 4.47. The second-order valence-electron chi connectivity index (χ2n) is 6.31. The second kappa shape index (κ2) is 7.70. The lowest BCUT2D eigenvalue weighted by Gasteiger charge is -2.34. The van der Waals surface area contributed by atoms with Crippen LogP contribution in [-0.2, 0) is 10.0 Å². The van der Waals surface area contributed by atoms with Crippen molar-refractivity contribution in [2.75, 3.05) is 53.4 Å². The van der Waals surface area contributed by atoms with Gasteiger partial charge in [-0.05, 0) is 64.3 Å². The summed E-state index contributed by atoms with van der Waals surface area (Å²) in [7, 11) is 0.567. The first kappa shape index (κ1) is 18.3. The zero-order valence-corrected chi connectivity index (χ0v) is 14.9. The minimum atomic E-state index is -3.54. The molecule has 0 N–H and O–H groups in total. The summed E-state index contributed by atoms with van der Waals surface area (Å²) in [6.45, 7) is 6.12. The number of aryl methyl sites for hydroxylation is 1. The number of sulfonamides is 1. The largest absolute Gasteiger partial charge is 0.309 e. The van der Waals surface area contributed by atoms with Gasteiger partial charge in [0.2, 0.25) is 10.0 Å². The summed E-state index contributed by atoms with van der Waals surface area (Å²) in [4.78, 5) is 4.66. The maximum atomic E-state index is 13.2. The molecule has 1 aromatic carbocycles. The molecule has 1 aliphatic heterocycles. The Morgan fingerprint density at radius 2 is 1.83 bits per heavy atom. The van der Waals surface area contributed by atoms with Gasteiger partial charge in [-0.2, -0.15) is 4.31 Å². The molecule has 0 aliphatic carbocycles. The van der Waals surface area contributed by atoms with Gasteiger partial charge in [0, 0.05) is 26.2 Å². The Labute approximate surface area is 138 Å². The van der Waals surface area contributed by atoms with E-state index in [9.17, 15) is 12.8 Å². The van der Waals surface area contributed by atoms with E-state index in [0.717, 1.165) is 32.6 Å². The molecule has 0 spiro atoms. The highest BCUT2D eigenvalue weighted by Gasteiger charge is 2.29. The predicted octanol–water partition coefficient (Wildman–Crippen LogP) is 1.39. The highest BCUT2D eigenvalue weighted by Crippen LogP contribution is 2.21. The molecule has 130 valence electrons. The highest BCUT2D eigenvalue weighted by molar-refractivity contribution is 7.89. The number of nitrogens with zero attached hydrogens (tertiary/aromatic N) is 3. The molecule has 23 heavy (non-hydrogen) atoms. The second-order valence-corrected chi connectivity index (χ2v) is 8.22. The highest BCUT2D eigenvalue weighted by atomic mass is 32.2. The summed E-state index contributed by atoms with van der Waals surface area (Å²) >= 11 is 0. The lowest BCUT2D eigenvalue weighted by molar-refractivity contribution is 0.181. The number of hydrogen-bond donors (Lipinski definition) is 0. The van der Waals surface area contributed by atoms with Crippen molar-refractivity contribution >= 4 is 10.0 Å². The van der Waals surface area contributed by atoms with Gasteiger partial charge in [-0.15, -0.1) is 0 Å². The van der Waals surface area contributed by atoms with Gasteiger partial charge in [-0.1, -0.05) is 0 Å². The molecule has 1 heterocycles. The van der Waals surface area contributed by atoms with Crippen LogP contribution >= 0.6 is 0 Å². The summed E-state index contributed by atoms with van der Waals surface area (Å²) in [5.41, 5.74) is 0.457. The van der Waals surface area contributed by atoms with Crippen molar-refractivity contribution in [3.05, 3.63) is 29.6 Å². The molecule has 0 radical (unpaired) electrons. The Hall–Kier alpha value is -1.02. The monoisotopic (exact) mass is 343 g/mol. The Bertz CT molecular complexity index is 626. The van der Waals surface area contributed by atoms with Crippen molar-refractivity contribution in [1.29, 1.82) is 0 Å². The van der Waals surface area contributed by atoms with Crippen LogP contribution in [-0.4, -0.2) is 75.9 Å². The predicted molar refractivity (Wildman–Crippen MR) is 89.5 cm³/mol. The summed E-state index contributed by atoms with van der Waals surface area (Å²) in [6.07, 6.45) is 1.08. The molecule has 1 aromatic rings. The van der Waals surface area contributed by atoms with Crippen molar-refractivity contribution < 1.29 is 12.8 Å². The maximum Gasteiger partial charge on any atom is 0.243 e. The number of hydrogen-bond acceptors (Lipinski definition) is 4. The van der Waals surface area contributed by atoms with Gasteiger partial charge >= 0.3 is 0 Å². The van der Waals surface area contributed by atoms with Crippen molar-refractivity contribution in [2.24, 2.45) is 0 Å². The maximum absolute atomic E-state index is 13.2. The van der Waals surface area contributed by atoms with Crippen LogP contribution in [0.5, 0.6) is 0 Å². The lowest BCUT2D eigenvalue weighted by Crippen LogP contribution is -2.49. The van der Waals surface area contributed by atoms with Crippen LogP contribution in [0.2, 0.25) is 0 Å². The van der Waals surface area contributed by atoms with Crippen LogP contribution in [0.1, 0.15) is 12.0 Å². The molecule has 7 heteroatoms. The summed E-state index contributed by atoms with van der Waals surface area (Å²) in [5.74, 6) is -0.410. The minimum Gasteiger partial charge on any atom is -0.309 e. The fourth-order valence-electron chi connectivity index (χ4n) is 2.85. The summed E-state index contributed by atoms with van der Waals surface area (Å²) in [5, 5.41) is 0. The molecule has 0 bridgehead atoms. The standard InChI is InChI=1S/C16H26FN3O2S/c1-14-13-15(17)5-6-16(14)23(21,22)20-11-9-19(10-12-20)8-4-7-18(2)3/h5-6,13H,4,7-12H2,1-3H3. The van der Waals surface area contributed by atoms with E-state index in [1.165, 1.54) is 22.5 Å². The van der Waals surface area contributed by atoms with E-state index in [1.54, 1.807) is 6.92 Å². The van der Waals surface area contributed by atoms with Gasteiger partial charge in [0.25, 0.3) is 0 Å². The van der Waals surface area contributed by atoms with Gasteiger partial charge in [0.05, 0.1) is 4.90 Å². The molecule has 0 aromatic heterocycles. The van der Waals surface area contributed by atoms with E-state index in [2.05, 4.69) is 23.9 Å². The Morgan fingerprint density at radius 1 is 1.17 bits per heavy atom. The quantitative estimate of drug-likeness (QED) is 0.783. The van der Waals surface area contributed by atoms with E-state index in [-0.39, 0.29) is 4.90 Å². The number of benzene rings is 1. The third-order valence-electron chi connectivity index (χ3n) is 4.17. The Kier molecular flexibility index (Phi) is 6.13. The van der Waals surface area contributed by atoms with Gasteiger partial charge < -0.3 is 9.80 Å². The molecule has 2 rings (SSSR count). The van der Waals surface area contributed by atoms with Crippen LogP contribution in [0.25, 0.3) is 0 Å². The molecule has 0 unspecified atom stereocenters. The smallest absolute Gasteiger partial charge is 0.243 e. The molecule has 1 saturated heterocycles. The van der Waals surface area contributed by atoms with E-state index >= 15 is 0 Å². The molecular formula is C16H26FN3O2S. The Morgan fingerprint density at radius 3 is 2.39 bits per heavy atom. The molecule has 1 fully saturated rings. The zero-order chi connectivity index (χ0) is 17.0. The van der Waals surface area contributed by atoms with Crippen molar-refractivity contribution in [3.8, 4) is 0 Å². The molecule has 0 saturated carbocycles. The van der Waals surface area contributed by atoms with E-state index < -0.39 is 15.8 Å². The van der Waals surface area contributed by atoms with Gasteiger partial charge in [-0.25, -0.2) is 12.8 Å². The summed E-state index contributed by atoms with van der Waals surface area (Å²) < 4.78 is 40.1. The van der Waals surface area contributed by atoms with Crippen LogP contribution in [0.4, 0.5) is 4.39 Å². The van der Waals surface area contributed by atoms with Crippen LogP contribution in [0, 0.1) is 12.7 Å². The van der Waals surface area contributed by atoms with Crippen LogP contribution in [0.15, 0.2) is 23.1 Å². The molecule has 0 atom stereocenters. The lowest BCUT2D eigenvalue weighted by atomic mass is 10.2. The van der Waals surface area contributed by atoms with Crippen molar-refractivity contribution in [2.45, 2.75) is 18.2 Å². The van der Waals surface area contributed by atoms with Crippen LogP contribution in [0.3, 0.4) is 0 Å².